The zero-order valence-corrected chi connectivity index (χ0v) is 11.7. The van der Waals surface area contributed by atoms with Gasteiger partial charge in [0.05, 0.1) is 12.8 Å². The van der Waals surface area contributed by atoms with Crippen molar-refractivity contribution in [1.82, 2.24) is 0 Å². The van der Waals surface area contributed by atoms with E-state index >= 15 is 0 Å². The van der Waals surface area contributed by atoms with Gasteiger partial charge in [-0.1, -0.05) is 24.3 Å². The molecule has 0 saturated heterocycles. The van der Waals surface area contributed by atoms with E-state index in [-0.39, 0.29) is 12.3 Å². The molecule has 0 aliphatic heterocycles. The maximum Gasteiger partial charge on any atom is 0.240 e. The Kier molecular flexibility index (Phi) is 4.56. The number of nitrogens with zero attached hydrogens (tertiary/aromatic N) is 1. The van der Waals surface area contributed by atoms with Gasteiger partial charge in [-0.15, -0.1) is 0 Å². The lowest BCUT2D eigenvalue weighted by molar-refractivity contribution is -0.125. The number of anilines is 2. The molecule has 5 nitrogen and oxygen atoms in total. The summed E-state index contributed by atoms with van der Waals surface area (Å²) in [5.41, 5.74) is 6.41. The first kappa shape index (κ1) is 14.6. The van der Waals surface area contributed by atoms with Crippen LogP contribution >= 0.6 is 0 Å². The molecule has 2 aromatic rings. The minimum absolute atomic E-state index is 0.355. The number of methoxy groups -OCH3 is 1. The average Bonchev–Trinajstić information content (AvgIpc) is 2.48. The van der Waals surface area contributed by atoms with Crippen LogP contribution < -0.4 is 15.4 Å². The number of amides is 2. The molecule has 0 aliphatic rings. The zero-order valence-electron chi connectivity index (χ0n) is 11.7. The van der Waals surface area contributed by atoms with Crippen LogP contribution in [-0.2, 0) is 9.59 Å². The maximum absolute atomic E-state index is 12.3. The summed E-state index contributed by atoms with van der Waals surface area (Å²) in [6, 6.07) is 16.1. The first-order valence-electron chi connectivity index (χ1n) is 6.42. The summed E-state index contributed by atoms with van der Waals surface area (Å²) in [7, 11) is 1.55. The van der Waals surface area contributed by atoms with Crippen LogP contribution in [0.25, 0.3) is 0 Å². The van der Waals surface area contributed by atoms with Gasteiger partial charge < -0.3 is 10.5 Å². The highest BCUT2D eigenvalue weighted by atomic mass is 16.5. The fourth-order valence-electron chi connectivity index (χ4n) is 1.99. The van der Waals surface area contributed by atoms with E-state index in [2.05, 4.69) is 0 Å². The van der Waals surface area contributed by atoms with Gasteiger partial charge >= 0.3 is 0 Å². The van der Waals surface area contributed by atoms with Gasteiger partial charge in [0.25, 0.3) is 0 Å². The fraction of sp³-hybridized carbons (Fsp3) is 0.125. The summed E-state index contributed by atoms with van der Waals surface area (Å²) >= 11 is 0. The van der Waals surface area contributed by atoms with Gasteiger partial charge in [-0.2, -0.15) is 0 Å². The highest BCUT2D eigenvalue weighted by Gasteiger charge is 2.20. The summed E-state index contributed by atoms with van der Waals surface area (Å²) in [4.78, 5) is 24.8. The van der Waals surface area contributed by atoms with E-state index in [4.69, 9.17) is 10.5 Å². The molecule has 0 radical (unpaired) electrons. The smallest absolute Gasteiger partial charge is 0.240 e. The number of nitrogens with two attached hydrogens (primary N) is 1. The molecule has 2 N–H and O–H groups in total. The molecule has 5 heteroatoms. The molecule has 0 unspecified atom stereocenters. The Morgan fingerprint density at radius 1 is 1.05 bits per heavy atom. The number of benzene rings is 2. The minimum atomic E-state index is -0.663. The quantitative estimate of drug-likeness (QED) is 0.856. The van der Waals surface area contributed by atoms with Crippen molar-refractivity contribution >= 4 is 23.2 Å². The van der Waals surface area contributed by atoms with Gasteiger partial charge in [-0.3, -0.25) is 14.5 Å². The largest absolute Gasteiger partial charge is 0.497 e. The van der Waals surface area contributed by atoms with Gasteiger partial charge in [-0.25, -0.2) is 0 Å². The summed E-state index contributed by atoms with van der Waals surface area (Å²) in [6.07, 6.45) is -0.355. The first-order valence-corrected chi connectivity index (χ1v) is 6.42. The van der Waals surface area contributed by atoms with Crippen LogP contribution in [0.5, 0.6) is 5.75 Å². The van der Waals surface area contributed by atoms with Gasteiger partial charge in [0.15, 0.2) is 0 Å². The Hall–Kier alpha value is -2.82. The molecule has 0 aromatic heterocycles. The van der Waals surface area contributed by atoms with Crippen LogP contribution in [0.4, 0.5) is 11.4 Å². The van der Waals surface area contributed by atoms with E-state index < -0.39 is 5.91 Å². The van der Waals surface area contributed by atoms with Crippen molar-refractivity contribution in [2.45, 2.75) is 6.42 Å². The highest BCUT2D eigenvalue weighted by molar-refractivity contribution is 6.08. The Morgan fingerprint density at radius 3 is 2.33 bits per heavy atom. The van der Waals surface area contributed by atoms with Crippen molar-refractivity contribution in [3.63, 3.8) is 0 Å². The Morgan fingerprint density at radius 2 is 1.71 bits per heavy atom. The highest BCUT2D eigenvalue weighted by Crippen LogP contribution is 2.28. The van der Waals surface area contributed by atoms with Crippen molar-refractivity contribution in [3.8, 4) is 5.75 Å². The van der Waals surface area contributed by atoms with E-state index in [0.29, 0.717) is 17.1 Å². The second-order valence-electron chi connectivity index (χ2n) is 4.41. The standard InChI is InChI=1S/C16H16N2O3/c1-21-14-9-5-8-13(10-14)18(16(20)11-15(17)19)12-6-3-2-4-7-12/h2-10H,11H2,1H3,(H2,17,19). The lowest BCUT2D eigenvalue weighted by Crippen LogP contribution is -2.30. The van der Waals surface area contributed by atoms with Crippen LogP contribution in [0.15, 0.2) is 54.6 Å². The van der Waals surface area contributed by atoms with E-state index in [1.54, 1.807) is 43.5 Å². The Balaban J connectivity index is 2.44. The summed E-state index contributed by atoms with van der Waals surface area (Å²) in [5, 5.41) is 0. The monoisotopic (exact) mass is 284 g/mol. The first-order chi connectivity index (χ1) is 10.1. The van der Waals surface area contributed by atoms with Gasteiger partial charge in [0.1, 0.15) is 12.2 Å². The van der Waals surface area contributed by atoms with Crippen LogP contribution in [0, 0.1) is 0 Å². The molecule has 2 rings (SSSR count). The van der Waals surface area contributed by atoms with Gasteiger partial charge in [0.2, 0.25) is 11.8 Å². The van der Waals surface area contributed by atoms with Crippen molar-refractivity contribution < 1.29 is 14.3 Å². The van der Waals surface area contributed by atoms with Crippen molar-refractivity contribution in [1.29, 1.82) is 0 Å². The number of para-hydroxylation sites is 1. The molecule has 21 heavy (non-hydrogen) atoms. The van der Waals surface area contributed by atoms with Crippen LogP contribution in [-0.4, -0.2) is 18.9 Å². The number of rotatable bonds is 5. The van der Waals surface area contributed by atoms with Crippen LogP contribution in [0.3, 0.4) is 0 Å². The molecular formula is C16H16N2O3. The molecule has 0 bridgehead atoms. The van der Waals surface area contributed by atoms with Crippen molar-refractivity contribution in [2.75, 3.05) is 12.0 Å². The fourth-order valence-corrected chi connectivity index (χ4v) is 1.99. The van der Waals surface area contributed by atoms with E-state index in [0.717, 1.165) is 0 Å². The second kappa shape index (κ2) is 6.56. The van der Waals surface area contributed by atoms with Gasteiger partial charge in [0, 0.05) is 11.8 Å². The zero-order chi connectivity index (χ0) is 15.2. The van der Waals surface area contributed by atoms with Gasteiger partial charge in [-0.05, 0) is 24.3 Å². The molecule has 2 amide bonds. The molecular weight excluding hydrogens is 268 g/mol. The predicted octanol–water partition coefficient (Wildman–Crippen LogP) is 2.24. The number of carbonyl (C=O) groups is 2. The Bertz CT molecular complexity index is 641. The normalized spacial score (nSPS) is 9.95. The summed E-state index contributed by atoms with van der Waals surface area (Å²) in [5.74, 6) is -0.425. The average molecular weight is 284 g/mol. The molecule has 0 atom stereocenters. The van der Waals surface area contributed by atoms with Crippen LogP contribution in [0.1, 0.15) is 6.42 Å². The van der Waals surface area contributed by atoms with Crippen molar-refractivity contribution in [2.24, 2.45) is 5.73 Å². The third-order valence-electron chi connectivity index (χ3n) is 2.90. The molecule has 0 fully saturated rings. The predicted molar refractivity (Wildman–Crippen MR) is 80.4 cm³/mol. The van der Waals surface area contributed by atoms with Crippen molar-refractivity contribution in [3.05, 3.63) is 54.6 Å². The van der Waals surface area contributed by atoms with E-state index in [9.17, 15) is 9.59 Å². The third-order valence-corrected chi connectivity index (χ3v) is 2.90. The maximum atomic E-state index is 12.3. The third kappa shape index (κ3) is 3.60. The topological polar surface area (TPSA) is 72.6 Å². The number of hydrogen-bond acceptors (Lipinski definition) is 3. The molecule has 0 heterocycles. The minimum Gasteiger partial charge on any atom is -0.497 e. The second-order valence-corrected chi connectivity index (χ2v) is 4.41. The lowest BCUT2D eigenvalue weighted by atomic mass is 10.2. The van der Waals surface area contributed by atoms with E-state index in [1.807, 2.05) is 18.2 Å². The molecule has 0 saturated carbocycles. The number of carbonyl (C=O) groups excluding carboxylic acids is 2. The number of primary amides is 1. The number of ether oxygens (including phenoxy) is 1. The Labute approximate surface area is 122 Å². The SMILES string of the molecule is COc1cccc(N(C(=O)CC(N)=O)c2ccccc2)c1. The molecule has 0 spiro atoms. The summed E-state index contributed by atoms with van der Waals surface area (Å²) < 4.78 is 5.17. The molecule has 2 aromatic carbocycles. The summed E-state index contributed by atoms with van der Waals surface area (Å²) in [6.45, 7) is 0. The van der Waals surface area contributed by atoms with E-state index in [1.165, 1.54) is 4.90 Å². The van der Waals surface area contributed by atoms with Crippen LogP contribution in [0.2, 0.25) is 0 Å². The molecule has 108 valence electrons. The molecule has 0 aliphatic carbocycles. The lowest BCUT2D eigenvalue weighted by Gasteiger charge is -2.23. The number of hydrogen-bond donors (Lipinski definition) is 1.